The van der Waals surface area contributed by atoms with Crippen LogP contribution < -0.4 is 10.6 Å². The highest BCUT2D eigenvalue weighted by atomic mass is 16.2. The second-order valence-electron chi connectivity index (χ2n) is 7.15. The van der Waals surface area contributed by atoms with Gasteiger partial charge < -0.3 is 15.6 Å². The third-order valence-electron chi connectivity index (χ3n) is 5.16. The maximum atomic E-state index is 12.6. The lowest BCUT2D eigenvalue weighted by Gasteiger charge is -2.12. The average Bonchev–Trinajstić information content (AvgIpc) is 3.31. The summed E-state index contributed by atoms with van der Waals surface area (Å²) in [5.41, 5.74) is 2.95. The topological polar surface area (TPSA) is 112 Å². The molecule has 150 valence electrons. The Morgan fingerprint density at radius 2 is 2.07 bits per heavy atom. The van der Waals surface area contributed by atoms with Crippen molar-refractivity contribution in [3.63, 3.8) is 0 Å². The average molecular weight is 394 g/mol. The summed E-state index contributed by atoms with van der Waals surface area (Å²) in [6.07, 6.45) is 2.29. The molecular formula is C20H22N6O3. The first-order chi connectivity index (χ1) is 13.9. The standard InChI is InChI=1S/C20H22N6O3/c1-12-9-17(24-25(12)2)23-18(27)10-16-19(28)26(20(29)22-16)8-7-13-11-21-15-6-4-3-5-14(13)15/h3-6,9,11,16,21H,7-8,10H2,1-2H3,(H,22,29)(H,23,24,27)/t16-/m0/s1. The number of fused-ring (bicyclic) bond motifs is 1. The Balaban J connectivity index is 1.36. The van der Waals surface area contributed by atoms with Gasteiger partial charge in [-0.25, -0.2) is 4.79 Å². The van der Waals surface area contributed by atoms with Crippen molar-refractivity contribution in [2.75, 3.05) is 11.9 Å². The van der Waals surface area contributed by atoms with Gasteiger partial charge in [-0.3, -0.25) is 19.2 Å². The van der Waals surface area contributed by atoms with E-state index in [0.29, 0.717) is 12.2 Å². The molecule has 0 radical (unpaired) electrons. The highest BCUT2D eigenvalue weighted by molar-refractivity contribution is 6.06. The second kappa shape index (κ2) is 7.42. The van der Waals surface area contributed by atoms with Crippen LogP contribution in [0.15, 0.2) is 36.5 Å². The van der Waals surface area contributed by atoms with E-state index >= 15 is 0 Å². The molecule has 9 heteroatoms. The number of nitrogens with one attached hydrogen (secondary N) is 3. The van der Waals surface area contributed by atoms with Crippen LogP contribution in [-0.4, -0.2) is 50.1 Å². The van der Waals surface area contributed by atoms with Crippen LogP contribution in [0.1, 0.15) is 17.7 Å². The van der Waals surface area contributed by atoms with E-state index in [1.165, 1.54) is 4.90 Å². The van der Waals surface area contributed by atoms with Crippen LogP contribution in [0.25, 0.3) is 10.9 Å². The van der Waals surface area contributed by atoms with Crippen molar-refractivity contribution in [2.24, 2.45) is 7.05 Å². The third-order valence-corrected chi connectivity index (χ3v) is 5.16. The van der Waals surface area contributed by atoms with Crippen molar-refractivity contribution in [2.45, 2.75) is 25.8 Å². The number of aromatic amines is 1. The number of aryl methyl sites for hydroxylation is 2. The Morgan fingerprint density at radius 3 is 2.83 bits per heavy atom. The fraction of sp³-hybridized carbons (Fsp3) is 0.300. The van der Waals surface area contributed by atoms with E-state index in [1.54, 1.807) is 17.8 Å². The minimum Gasteiger partial charge on any atom is -0.361 e. The summed E-state index contributed by atoms with van der Waals surface area (Å²) in [6.45, 7) is 2.12. The van der Waals surface area contributed by atoms with Crippen LogP contribution in [0.3, 0.4) is 0 Å². The fourth-order valence-corrected chi connectivity index (χ4v) is 3.50. The van der Waals surface area contributed by atoms with E-state index in [1.807, 2.05) is 37.4 Å². The molecule has 1 saturated heterocycles. The summed E-state index contributed by atoms with van der Waals surface area (Å²) in [7, 11) is 1.78. The molecule has 2 aromatic heterocycles. The summed E-state index contributed by atoms with van der Waals surface area (Å²) in [4.78, 5) is 41.5. The SMILES string of the molecule is Cc1cc(NC(=O)C[C@@H]2NC(=O)N(CCc3c[nH]c4ccccc34)C2=O)nn1C. The summed E-state index contributed by atoms with van der Waals surface area (Å²) < 4.78 is 1.64. The number of rotatable bonds is 6. The normalized spacial score (nSPS) is 16.5. The Kier molecular flexibility index (Phi) is 4.79. The molecule has 0 saturated carbocycles. The maximum Gasteiger partial charge on any atom is 0.324 e. The number of carbonyl (C=O) groups is 3. The van der Waals surface area contributed by atoms with Gasteiger partial charge in [0.2, 0.25) is 5.91 Å². The van der Waals surface area contributed by atoms with Gasteiger partial charge in [0.1, 0.15) is 6.04 Å². The number of imide groups is 1. The van der Waals surface area contributed by atoms with E-state index in [4.69, 9.17) is 0 Å². The lowest BCUT2D eigenvalue weighted by atomic mass is 10.1. The van der Waals surface area contributed by atoms with Gasteiger partial charge in [-0.1, -0.05) is 18.2 Å². The Hall–Kier alpha value is -3.62. The quantitative estimate of drug-likeness (QED) is 0.553. The Morgan fingerprint density at radius 1 is 1.28 bits per heavy atom. The van der Waals surface area contributed by atoms with Gasteiger partial charge in [-0.05, 0) is 25.0 Å². The van der Waals surface area contributed by atoms with E-state index in [2.05, 4.69) is 20.7 Å². The van der Waals surface area contributed by atoms with Gasteiger partial charge in [0, 0.05) is 42.5 Å². The molecule has 1 aliphatic heterocycles. The molecule has 3 N–H and O–H groups in total. The van der Waals surface area contributed by atoms with Crippen LogP contribution >= 0.6 is 0 Å². The van der Waals surface area contributed by atoms with Crippen molar-refractivity contribution in [1.29, 1.82) is 0 Å². The summed E-state index contributed by atoms with van der Waals surface area (Å²) in [5.74, 6) is -0.342. The fourth-order valence-electron chi connectivity index (χ4n) is 3.50. The number of H-pyrrole nitrogens is 1. The van der Waals surface area contributed by atoms with Crippen molar-refractivity contribution < 1.29 is 14.4 Å². The number of amides is 4. The lowest BCUT2D eigenvalue weighted by molar-refractivity contribution is -0.129. The second-order valence-corrected chi connectivity index (χ2v) is 7.15. The van der Waals surface area contributed by atoms with Crippen LogP contribution in [-0.2, 0) is 23.1 Å². The van der Waals surface area contributed by atoms with Crippen LogP contribution in [0, 0.1) is 6.92 Å². The van der Waals surface area contributed by atoms with Crippen molar-refractivity contribution >= 4 is 34.6 Å². The number of benzene rings is 1. The minimum absolute atomic E-state index is 0.135. The largest absolute Gasteiger partial charge is 0.361 e. The molecule has 29 heavy (non-hydrogen) atoms. The Bertz CT molecular complexity index is 1080. The highest BCUT2D eigenvalue weighted by Gasteiger charge is 2.38. The molecule has 1 atom stereocenters. The van der Waals surface area contributed by atoms with E-state index < -0.39 is 12.1 Å². The molecule has 0 aliphatic carbocycles. The highest BCUT2D eigenvalue weighted by Crippen LogP contribution is 2.19. The number of hydrogen-bond donors (Lipinski definition) is 3. The number of hydrogen-bond acceptors (Lipinski definition) is 4. The number of para-hydroxylation sites is 1. The van der Waals surface area contributed by atoms with Gasteiger partial charge in [0.05, 0.1) is 6.42 Å². The molecule has 1 aromatic carbocycles. The molecule has 4 rings (SSSR count). The number of aromatic nitrogens is 3. The molecule has 1 aliphatic rings. The Labute approximate surface area is 167 Å². The van der Waals surface area contributed by atoms with Crippen LogP contribution in [0.5, 0.6) is 0 Å². The van der Waals surface area contributed by atoms with Gasteiger partial charge in [0.25, 0.3) is 5.91 Å². The van der Waals surface area contributed by atoms with E-state index in [0.717, 1.165) is 22.2 Å². The molecule has 9 nitrogen and oxygen atoms in total. The number of anilines is 1. The molecule has 1 fully saturated rings. The number of carbonyl (C=O) groups excluding carboxylic acids is 3. The van der Waals surface area contributed by atoms with Crippen LogP contribution in [0.2, 0.25) is 0 Å². The summed E-state index contributed by atoms with van der Waals surface area (Å²) in [5, 5.41) is 10.5. The maximum absolute atomic E-state index is 12.6. The molecule has 0 spiro atoms. The molecule has 4 amide bonds. The molecule has 3 aromatic rings. The first-order valence-corrected chi connectivity index (χ1v) is 9.39. The zero-order valence-corrected chi connectivity index (χ0v) is 16.2. The molecular weight excluding hydrogens is 372 g/mol. The zero-order valence-electron chi connectivity index (χ0n) is 16.2. The van der Waals surface area contributed by atoms with Gasteiger partial charge in [-0.15, -0.1) is 0 Å². The molecule has 3 heterocycles. The number of urea groups is 1. The smallest absolute Gasteiger partial charge is 0.324 e. The first kappa shape index (κ1) is 18.7. The predicted octanol–water partition coefficient (Wildman–Crippen LogP) is 1.70. The van der Waals surface area contributed by atoms with Crippen LogP contribution in [0.4, 0.5) is 10.6 Å². The van der Waals surface area contributed by atoms with E-state index in [9.17, 15) is 14.4 Å². The minimum atomic E-state index is -0.865. The van der Waals surface area contributed by atoms with Gasteiger partial charge in [0.15, 0.2) is 5.82 Å². The third kappa shape index (κ3) is 3.71. The van der Waals surface area contributed by atoms with Crippen molar-refractivity contribution in [1.82, 2.24) is 25.0 Å². The van der Waals surface area contributed by atoms with Crippen molar-refractivity contribution in [3.8, 4) is 0 Å². The first-order valence-electron chi connectivity index (χ1n) is 9.39. The molecule has 0 unspecified atom stereocenters. The lowest BCUT2D eigenvalue weighted by Crippen LogP contribution is -2.35. The zero-order chi connectivity index (χ0) is 20.5. The number of nitrogens with zero attached hydrogens (tertiary/aromatic N) is 3. The van der Waals surface area contributed by atoms with Gasteiger partial charge >= 0.3 is 6.03 Å². The summed E-state index contributed by atoms with van der Waals surface area (Å²) >= 11 is 0. The van der Waals surface area contributed by atoms with Gasteiger partial charge in [-0.2, -0.15) is 5.10 Å². The summed E-state index contributed by atoms with van der Waals surface area (Å²) in [6, 6.07) is 8.27. The van der Waals surface area contributed by atoms with E-state index in [-0.39, 0.29) is 24.8 Å². The van der Waals surface area contributed by atoms with Crippen molar-refractivity contribution in [3.05, 3.63) is 47.8 Å². The predicted molar refractivity (Wildman–Crippen MR) is 107 cm³/mol. The monoisotopic (exact) mass is 394 g/mol. The molecule has 0 bridgehead atoms.